The lowest BCUT2D eigenvalue weighted by atomic mass is 10.00. The second-order valence-electron chi connectivity index (χ2n) is 7.35. The van der Waals surface area contributed by atoms with E-state index in [1.54, 1.807) is 0 Å². The average Bonchev–Trinajstić information content (AvgIpc) is 3.21. The Bertz CT molecular complexity index is 1310. The Morgan fingerprint density at radius 3 is 2.67 bits per heavy atom. The highest BCUT2D eigenvalue weighted by atomic mass is 79.9. The standard InChI is InChI=1S/C23H18BrN3O2S/c24-18-7-5-16(6-8-18)19-13-30-22-21(19)23(29)27(14-25-22)12-20(28)26-10-9-15-3-1-2-4-17(15)11-26/h1-8,13-14H,9-12H2. The number of amides is 1. The van der Waals surface area contributed by atoms with E-state index in [4.69, 9.17) is 0 Å². The van der Waals surface area contributed by atoms with Crippen LogP contribution in [0, 0.1) is 0 Å². The zero-order chi connectivity index (χ0) is 20.7. The molecule has 30 heavy (non-hydrogen) atoms. The number of carbonyl (C=O) groups excluding carboxylic acids is 1. The molecule has 0 radical (unpaired) electrons. The van der Waals surface area contributed by atoms with Gasteiger partial charge in [0.25, 0.3) is 5.56 Å². The Morgan fingerprint density at radius 2 is 1.87 bits per heavy atom. The molecule has 0 unspecified atom stereocenters. The molecule has 3 heterocycles. The lowest BCUT2D eigenvalue weighted by Crippen LogP contribution is -2.39. The fraction of sp³-hybridized carbons (Fsp3) is 0.174. The molecule has 0 saturated heterocycles. The predicted octanol–water partition coefficient (Wildman–Crippen LogP) is 4.47. The van der Waals surface area contributed by atoms with Gasteiger partial charge in [-0.15, -0.1) is 11.3 Å². The molecule has 1 aliphatic heterocycles. The number of halogens is 1. The smallest absolute Gasteiger partial charge is 0.263 e. The van der Waals surface area contributed by atoms with E-state index >= 15 is 0 Å². The molecule has 0 fully saturated rings. The van der Waals surface area contributed by atoms with Crippen molar-refractivity contribution in [3.8, 4) is 11.1 Å². The maximum atomic E-state index is 13.2. The van der Waals surface area contributed by atoms with E-state index in [1.165, 1.54) is 33.4 Å². The topological polar surface area (TPSA) is 55.2 Å². The Labute approximate surface area is 185 Å². The normalized spacial score (nSPS) is 13.4. The summed E-state index contributed by atoms with van der Waals surface area (Å²) in [6.07, 6.45) is 2.33. The van der Waals surface area contributed by atoms with E-state index in [1.807, 2.05) is 46.7 Å². The van der Waals surface area contributed by atoms with Crippen LogP contribution in [0.2, 0.25) is 0 Å². The lowest BCUT2D eigenvalue weighted by molar-refractivity contribution is -0.132. The quantitative estimate of drug-likeness (QED) is 0.435. The van der Waals surface area contributed by atoms with Crippen molar-refractivity contribution in [1.82, 2.24) is 14.5 Å². The summed E-state index contributed by atoms with van der Waals surface area (Å²) in [5.41, 5.74) is 4.10. The first-order chi connectivity index (χ1) is 14.6. The van der Waals surface area contributed by atoms with Crippen molar-refractivity contribution in [2.45, 2.75) is 19.5 Å². The van der Waals surface area contributed by atoms with Gasteiger partial charge in [-0.2, -0.15) is 0 Å². The summed E-state index contributed by atoms with van der Waals surface area (Å²) in [6.45, 7) is 1.25. The minimum atomic E-state index is -0.176. The van der Waals surface area contributed by atoms with Crippen LogP contribution in [0.25, 0.3) is 21.3 Å². The summed E-state index contributed by atoms with van der Waals surface area (Å²) >= 11 is 4.89. The second kappa shape index (κ2) is 7.81. The molecule has 1 amide bonds. The number of nitrogens with zero attached hydrogens (tertiary/aromatic N) is 3. The Hall–Kier alpha value is -2.77. The van der Waals surface area contributed by atoms with Gasteiger partial charge in [0, 0.05) is 28.5 Å². The van der Waals surface area contributed by atoms with Crippen molar-refractivity contribution in [3.05, 3.63) is 86.2 Å². The number of carbonyl (C=O) groups is 1. The molecule has 150 valence electrons. The summed E-state index contributed by atoms with van der Waals surface area (Å²) in [4.78, 5) is 33.1. The van der Waals surface area contributed by atoms with Crippen molar-refractivity contribution in [2.75, 3.05) is 6.54 Å². The van der Waals surface area contributed by atoms with Gasteiger partial charge < -0.3 is 4.90 Å². The van der Waals surface area contributed by atoms with Gasteiger partial charge in [-0.25, -0.2) is 4.98 Å². The highest BCUT2D eigenvalue weighted by Crippen LogP contribution is 2.31. The number of rotatable bonds is 3. The molecule has 0 N–H and O–H groups in total. The first-order valence-corrected chi connectivity index (χ1v) is 11.3. The maximum absolute atomic E-state index is 13.2. The van der Waals surface area contributed by atoms with Crippen LogP contribution in [-0.4, -0.2) is 26.9 Å². The maximum Gasteiger partial charge on any atom is 0.263 e. The summed E-state index contributed by atoms with van der Waals surface area (Å²) < 4.78 is 2.41. The van der Waals surface area contributed by atoms with Crippen molar-refractivity contribution in [3.63, 3.8) is 0 Å². The molecular formula is C23H18BrN3O2S. The van der Waals surface area contributed by atoms with E-state index in [0.29, 0.717) is 23.3 Å². The van der Waals surface area contributed by atoms with Crippen molar-refractivity contribution in [2.24, 2.45) is 0 Å². The molecule has 4 aromatic rings. The van der Waals surface area contributed by atoms with E-state index in [0.717, 1.165) is 22.0 Å². The van der Waals surface area contributed by atoms with E-state index in [9.17, 15) is 9.59 Å². The van der Waals surface area contributed by atoms with E-state index < -0.39 is 0 Å². The van der Waals surface area contributed by atoms with Gasteiger partial charge in [0.15, 0.2) is 0 Å². The minimum Gasteiger partial charge on any atom is -0.336 e. The van der Waals surface area contributed by atoms with Gasteiger partial charge >= 0.3 is 0 Å². The largest absolute Gasteiger partial charge is 0.336 e. The number of fused-ring (bicyclic) bond motifs is 2. The molecule has 0 spiro atoms. The molecule has 5 rings (SSSR count). The fourth-order valence-electron chi connectivity index (χ4n) is 3.88. The van der Waals surface area contributed by atoms with E-state index in [-0.39, 0.29) is 18.0 Å². The summed E-state index contributed by atoms with van der Waals surface area (Å²) in [7, 11) is 0. The number of benzene rings is 2. The molecule has 1 aliphatic rings. The molecule has 0 atom stereocenters. The van der Waals surface area contributed by atoms with Crippen molar-refractivity contribution < 1.29 is 4.79 Å². The van der Waals surface area contributed by atoms with Crippen LogP contribution in [0.5, 0.6) is 0 Å². The monoisotopic (exact) mass is 479 g/mol. The number of hydrogen-bond acceptors (Lipinski definition) is 4. The molecule has 2 aromatic heterocycles. The number of thiophene rings is 1. The Kier molecular flexibility index (Phi) is 5.00. The summed E-state index contributed by atoms with van der Waals surface area (Å²) in [5, 5.41) is 2.53. The van der Waals surface area contributed by atoms with Crippen LogP contribution in [0.1, 0.15) is 11.1 Å². The van der Waals surface area contributed by atoms with Gasteiger partial charge in [-0.05, 0) is 35.2 Å². The molecule has 2 aromatic carbocycles. The van der Waals surface area contributed by atoms with Crippen LogP contribution in [0.15, 0.2) is 69.5 Å². The molecule has 0 bridgehead atoms. The summed E-state index contributed by atoms with van der Waals surface area (Å²) in [5.74, 6) is -0.0619. The third-order valence-corrected chi connectivity index (χ3v) is 6.92. The molecule has 7 heteroatoms. The number of aromatic nitrogens is 2. The highest BCUT2D eigenvalue weighted by molar-refractivity contribution is 9.10. The Balaban J connectivity index is 1.45. The van der Waals surface area contributed by atoms with Gasteiger partial charge in [0.1, 0.15) is 11.4 Å². The number of hydrogen-bond donors (Lipinski definition) is 0. The molecule has 0 aliphatic carbocycles. The first kappa shape index (κ1) is 19.2. The van der Waals surface area contributed by atoms with Gasteiger partial charge in [-0.1, -0.05) is 52.3 Å². The van der Waals surface area contributed by atoms with Crippen molar-refractivity contribution >= 4 is 43.4 Å². The van der Waals surface area contributed by atoms with Gasteiger partial charge in [-0.3, -0.25) is 14.2 Å². The van der Waals surface area contributed by atoms with E-state index in [2.05, 4.69) is 33.0 Å². The lowest BCUT2D eigenvalue weighted by Gasteiger charge is -2.29. The van der Waals surface area contributed by atoms with Crippen LogP contribution < -0.4 is 5.56 Å². The Morgan fingerprint density at radius 1 is 1.10 bits per heavy atom. The molecule has 0 saturated carbocycles. The van der Waals surface area contributed by atoms with Gasteiger partial charge in [0.2, 0.25) is 5.91 Å². The van der Waals surface area contributed by atoms with Crippen LogP contribution in [0.3, 0.4) is 0 Å². The highest BCUT2D eigenvalue weighted by Gasteiger charge is 2.22. The molecule has 5 nitrogen and oxygen atoms in total. The van der Waals surface area contributed by atoms with Crippen molar-refractivity contribution in [1.29, 1.82) is 0 Å². The zero-order valence-corrected chi connectivity index (χ0v) is 18.4. The average molecular weight is 480 g/mol. The first-order valence-electron chi connectivity index (χ1n) is 9.67. The van der Waals surface area contributed by atoms with Crippen LogP contribution in [-0.2, 0) is 24.3 Å². The predicted molar refractivity (Wildman–Crippen MR) is 123 cm³/mol. The van der Waals surface area contributed by atoms with Crippen LogP contribution >= 0.6 is 27.3 Å². The summed E-state index contributed by atoms with van der Waals surface area (Å²) in [6, 6.07) is 16.0. The van der Waals surface area contributed by atoms with Gasteiger partial charge in [0.05, 0.1) is 11.7 Å². The third-order valence-electron chi connectivity index (χ3n) is 5.50. The second-order valence-corrected chi connectivity index (χ2v) is 9.12. The minimum absolute atomic E-state index is 0.000432. The fourth-order valence-corrected chi connectivity index (χ4v) is 5.05. The molecular weight excluding hydrogens is 462 g/mol. The SMILES string of the molecule is O=C(Cn1cnc2scc(-c3ccc(Br)cc3)c2c1=O)N1CCc2ccccc2C1. The zero-order valence-electron chi connectivity index (χ0n) is 16.0. The van der Waals surface area contributed by atoms with Crippen LogP contribution in [0.4, 0.5) is 0 Å². The third kappa shape index (κ3) is 3.48.